The topological polar surface area (TPSA) is 29.9 Å². The molecule has 1 aromatic heterocycles. The average Bonchev–Trinajstić information content (AvgIpc) is 3.13. The lowest BCUT2D eigenvalue weighted by Crippen LogP contribution is -2.05. The van der Waals surface area contributed by atoms with Crippen LogP contribution in [0, 0.1) is 5.82 Å². The lowest BCUT2D eigenvalue weighted by Gasteiger charge is -2.06. The molecule has 3 nitrogen and oxygen atoms in total. The SMILES string of the molecule is Fc1ccc(Cc2nn(-c3cccc(Cl)c3)c3c2CCN3)cc1. The van der Waals surface area contributed by atoms with Gasteiger partial charge >= 0.3 is 0 Å². The smallest absolute Gasteiger partial charge is 0.133 e. The van der Waals surface area contributed by atoms with Gasteiger partial charge in [-0.15, -0.1) is 0 Å². The van der Waals surface area contributed by atoms with Crippen LogP contribution in [0.3, 0.4) is 0 Å². The first-order valence-electron chi connectivity index (χ1n) is 7.56. The zero-order chi connectivity index (χ0) is 15.8. The monoisotopic (exact) mass is 327 g/mol. The molecule has 116 valence electrons. The highest BCUT2D eigenvalue weighted by molar-refractivity contribution is 6.30. The molecule has 0 atom stereocenters. The van der Waals surface area contributed by atoms with E-state index in [1.54, 1.807) is 0 Å². The van der Waals surface area contributed by atoms with E-state index in [9.17, 15) is 4.39 Å². The van der Waals surface area contributed by atoms with E-state index >= 15 is 0 Å². The van der Waals surface area contributed by atoms with Gasteiger partial charge in [0.2, 0.25) is 0 Å². The van der Waals surface area contributed by atoms with Gasteiger partial charge in [-0.05, 0) is 42.3 Å². The van der Waals surface area contributed by atoms with Gasteiger partial charge in [0.05, 0.1) is 11.4 Å². The highest BCUT2D eigenvalue weighted by Gasteiger charge is 2.23. The van der Waals surface area contributed by atoms with Crippen molar-refractivity contribution in [3.8, 4) is 5.69 Å². The second kappa shape index (κ2) is 5.70. The summed E-state index contributed by atoms with van der Waals surface area (Å²) in [5, 5.41) is 8.85. The molecule has 1 aliphatic rings. The molecule has 0 radical (unpaired) electrons. The van der Waals surface area contributed by atoms with Crippen molar-refractivity contribution in [3.05, 3.63) is 76.2 Å². The number of hydrogen-bond donors (Lipinski definition) is 1. The number of aromatic nitrogens is 2. The van der Waals surface area contributed by atoms with Gasteiger partial charge in [0.1, 0.15) is 11.6 Å². The molecule has 4 rings (SSSR count). The molecule has 0 spiro atoms. The zero-order valence-corrected chi connectivity index (χ0v) is 13.1. The van der Waals surface area contributed by atoms with E-state index in [4.69, 9.17) is 16.7 Å². The minimum atomic E-state index is -0.217. The molecule has 0 fully saturated rings. The summed E-state index contributed by atoms with van der Waals surface area (Å²) in [4.78, 5) is 0. The van der Waals surface area contributed by atoms with Gasteiger partial charge in [-0.25, -0.2) is 9.07 Å². The number of fused-ring (bicyclic) bond motifs is 1. The molecule has 0 bridgehead atoms. The van der Waals surface area contributed by atoms with Crippen LogP contribution in [0.15, 0.2) is 48.5 Å². The predicted molar refractivity (Wildman–Crippen MR) is 90.0 cm³/mol. The molecule has 0 unspecified atom stereocenters. The molecule has 1 aliphatic heterocycles. The molecular weight excluding hydrogens is 313 g/mol. The maximum absolute atomic E-state index is 13.1. The third-order valence-electron chi connectivity index (χ3n) is 4.07. The van der Waals surface area contributed by atoms with Gasteiger partial charge in [0, 0.05) is 23.6 Å². The van der Waals surface area contributed by atoms with E-state index in [-0.39, 0.29) is 5.82 Å². The first-order valence-corrected chi connectivity index (χ1v) is 7.93. The van der Waals surface area contributed by atoms with Crippen molar-refractivity contribution >= 4 is 17.4 Å². The van der Waals surface area contributed by atoms with Crippen molar-refractivity contribution in [3.63, 3.8) is 0 Å². The normalized spacial score (nSPS) is 13.0. The minimum Gasteiger partial charge on any atom is -0.369 e. The summed E-state index contributed by atoms with van der Waals surface area (Å²) in [5.41, 5.74) is 4.25. The molecule has 3 aromatic rings. The summed E-state index contributed by atoms with van der Waals surface area (Å²) in [6, 6.07) is 14.2. The van der Waals surface area contributed by atoms with Crippen LogP contribution in [-0.4, -0.2) is 16.3 Å². The Morgan fingerprint density at radius 2 is 2.00 bits per heavy atom. The highest BCUT2D eigenvalue weighted by Crippen LogP contribution is 2.30. The lowest BCUT2D eigenvalue weighted by atomic mass is 10.1. The number of nitrogens with zero attached hydrogens (tertiary/aromatic N) is 2. The van der Waals surface area contributed by atoms with Crippen molar-refractivity contribution < 1.29 is 4.39 Å². The second-order valence-corrected chi connectivity index (χ2v) is 6.08. The van der Waals surface area contributed by atoms with E-state index < -0.39 is 0 Å². The van der Waals surface area contributed by atoms with Gasteiger partial charge in [0.25, 0.3) is 0 Å². The lowest BCUT2D eigenvalue weighted by molar-refractivity contribution is 0.627. The maximum Gasteiger partial charge on any atom is 0.133 e. The van der Waals surface area contributed by atoms with Gasteiger partial charge in [-0.3, -0.25) is 0 Å². The van der Waals surface area contributed by atoms with Crippen LogP contribution in [0.1, 0.15) is 16.8 Å². The molecule has 2 heterocycles. The summed E-state index contributed by atoms with van der Waals surface area (Å²) in [7, 11) is 0. The third-order valence-corrected chi connectivity index (χ3v) is 4.31. The largest absolute Gasteiger partial charge is 0.369 e. The fourth-order valence-corrected chi connectivity index (χ4v) is 3.16. The number of halogens is 2. The van der Waals surface area contributed by atoms with Crippen molar-refractivity contribution in [1.29, 1.82) is 0 Å². The molecule has 0 amide bonds. The molecule has 0 aliphatic carbocycles. The van der Waals surface area contributed by atoms with E-state index in [0.29, 0.717) is 11.4 Å². The van der Waals surface area contributed by atoms with Crippen LogP contribution in [0.4, 0.5) is 10.2 Å². The Balaban J connectivity index is 1.74. The summed E-state index contributed by atoms with van der Waals surface area (Å²) in [5.74, 6) is 0.814. The summed E-state index contributed by atoms with van der Waals surface area (Å²) < 4.78 is 15.0. The van der Waals surface area contributed by atoms with Gasteiger partial charge in [0.15, 0.2) is 0 Å². The Hall–Kier alpha value is -2.33. The summed E-state index contributed by atoms with van der Waals surface area (Å²) >= 11 is 6.10. The van der Waals surface area contributed by atoms with Crippen molar-refractivity contribution in [2.75, 3.05) is 11.9 Å². The zero-order valence-electron chi connectivity index (χ0n) is 12.4. The number of nitrogens with one attached hydrogen (secondary N) is 1. The Kier molecular flexibility index (Phi) is 3.54. The van der Waals surface area contributed by atoms with Crippen LogP contribution in [0.2, 0.25) is 5.02 Å². The van der Waals surface area contributed by atoms with E-state index in [0.717, 1.165) is 35.7 Å². The predicted octanol–water partition coefficient (Wildman–Crippen LogP) is 4.22. The molecule has 1 N–H and O–H groups in total. The van der Waals surface area contributed by atoms with Crippen LogP contribution in [-0.2, 0) is 12.8 Å². The van der Waals surface area contributed by atoms with Gasteiger partial charge < -0.3 is 5.32 Å². The molecule has 5 heteroatoms. The molecular formula is C18H15ClFN3. The highest BCUT2D eigenvalue weighted by atomic mass is 35.5. The standard InChI is InChI=1S/C18H15ClFN3/c19-13-2-1-3-15(11-13)23-18-16(8-9-21-18)17(22-23)10-12-4-6-14(20)7-5-12/h1-7,11,21H,8-10H2. The van der Waals surface area contributed by atoms with Crippen molar-refractivity contribution in [2.45, 2.75) is 12.8 Å². The quantitative estimate of drug-likeness (QED) is 0.780. The average molecular weight is 328 g/mol. The van der Waals surface area contributed by atoms with Gasteiger partial charge in [-0.1, -0.05) is 29.8 Å². The third kappa shape index (κ3) is 2.70. The van der Waals surface area contributed by atoms with E-state index in [2.05, 4.69) is 5.32 Å². The van der Waals surface area contributed by atoms with Crippen molar-refractivity contribution in [1.82, 2.24) is 9.78 Å². The van der Waals surface area contributed by atoms with Crippen LogP contribution in [0.5, 0.6) is 0 Å². The van der Waals surface area contributed by atoms with E-state index in [1.807, 2.05) is 41.1 Å². The number of anilines is 1. The summed E-state index contributed by atoms with van der Waals surface area (Å²) in [6.07, 6.45) is 1.64. The Bertz CT molecular complexity index is 855. The first kappa shape index (κ1) is 14.3. The summed E-state index contributed by atoms with van der Waals surface area (Å²) in [6.45, 7) is 0.907. The fraction of sp³-hybridized carbons (Fsp3) is 0.167. The van der Waals surface area contributed by atoms with Crippen LogP contribution >= 0.6 is 11.6 Å². The van der Waals surface area contributed by atoms with Crippen LogP contribution < -0.4 is 5.32 Å². The number of benzene rings is 2. The minimum absolute atomic E-state index is 0.217. The van der Waals surface area contributed by atoms with E-state index in [1.165, 1.54) is 17.7 Å². The Labute approximate surface area is 138 Å². The number of hydrogen-bond acceptors (Lipinski definition) is 2. The van der Waals surface area contributed by atoms with Crippen LogP contribution in [0.25, 0.3) is 5.69 Å². The van der Waals surface area contributed by atoms with Crippen molar-refractivity contribution in [2.24, 2.45) is 0 Å². The number of rotatable bonds is 3. The fourth-order valence-electron chi connectivity index (χ4n) is 2.98. The Morgan fingerprint density at radius 1 is 1.17 bits per heavy atom. The molecule has 2 aromatic carbocycles. The molecule has 0 saturated carbocycles. The Morgan fingerprint density at radius 3 is 2.78 bits per heavy atom. The maximum atomic E-state index is 13.1. The molecule has 0 saturated heterocycles. The molecule has 23 heavy (non-hydrogen) atoms. The van der Waals surface area contributed by atoms with Gasteiger partial charge in [-0.2, -0.15) is 5.10 Å². The first-order chi connectivity index (χ1) is 11.2. The second-order valence-electron chi connectivity index (χ2n) is 5.65.